The topological polar surface area (TPSA) is 84.3 Å². The Balaban J connectivity index is 1.37. The average Bonchev–Trinajstić information content (AvgIpc) is 3.34. The van der Waals surface area contributed by atoms with Crippen LogP contribution in [0.25, 0.3) is 5.69 Å². The minimum Gasteiger partial charge on any atom is -0.326 e. The minimum atomic E-state index is -4.63. The Bertz CT molecular complexity index is 1220. The molecule has 1 aromatic heterocycles. The van der Waals surface area contributed by atoms with E-state index >= 15 is 0 Å². The maximum Gasteiger partial charge on any atom is 0.416 e. The number of benzene rings is 2. The standard InChI is InChI=1S/C22H21F3N4O3S/c23-22(24,25)17-2-1-3-20(14-17)33(31,32)29-11-8-16(9-12-29)21(30)27-18-4-6-19(7-5-18)28-13-10-26-15-28/h1-7,10,13-16H,8-9,11-12H2,(H,27,30). The lowest BCUT2D eigenvalue weighted by Crippen LogP contribution is -2.41. The van der Waals surface area contributed by atoms with Gasteiger partial charge in [-0.15, -0.1) is 0 Å². The van der Waals surface area contributed by atoms with Gasteiger partial charge in [-0.25, -0.2) is 13.4 Å². The molecule has 1 aliphatic heterocycles. The van der Waals surface area contributed by atoms with E-state index in [0.29, 0.717) is 11.8 Å². The maximum atomic E-state index is 13.0. The average molecular weight is 478 g/mol. The van der Waals surface area contributed by atoms with Crippen molar-refractivity contribution < 1.29 is 26.4 Å². The lowest BCUT2D eigenvalue weighted by Gasteiger charge is -2.30. The van der Waals surface area contributed by atoms with E-state index < -0.39 is 32.6 Å². The maximum absolute atomic E-state index is 13.0. The van der Waals surface area contributed by atoms with Crippen molar-refractivity contribution in [1.29, 1.82) is 0 Å². The van der Waals surface area contributed by atoms with Gasteiger partial charge in [0.25, 0.3) is 0 Å². The van der Waals surface area contributed by atoms with Crippen molar-refractivity contribution in [3.63, 3.8) is 0 Å². The fraction of sp³-hybridized carbons (Fsp3) is 0.273. The molecule has 0 unspecified atom stereocenters. The summed E-state index contributed by atoms with van der Waals surface area (Å²) >= 11 is 0. The molecular formula is C22H21F3N4O3S. The van der Waals surface area contributed by atoms with Crippen molar-refractivity contribution in [3.05, 3.63) is 72.8 Å². The van der Waals surface area contributed by atoms with Gasteiger partial charge in [0.05, 0.1) is 16.8 Å². The number of hydrogen-bond acceptors (Lipinski definition) is 4. The van der Waals surface area contributed by atoms with Gasteiger partial charge in [0.1, 0.15) is 0 Å². The molecule has 2 aromatic carbocycles. The molecule has 1 fully saturated rings. The highest BCUT2D eigenvalue weighted by Gasteiger charge is 2.35. The summed E-state index contributed by atoms with van der Waals surface area (Å²) in [5, 5.41) is 2.84. The molecule has 0 saturated carbocycles. The Morgan fingerprint density at radius 1 is 1.06 bits per heavy atom. The zero-order valence-electron chi connectivity index (χ0n) is 17.4. The van der Waals surface area contributed by atoms with Crippen LogP contribution in [0.1, 0.15) is 18.4 Å². The molecule has 33 heavy (non-hydrogen) atoms. The summed E-state index contributed by atoms with van der Waals surface area (Å²) in [6.45, 7) is 0.104. The zero-order valence-corrected chi connectivity index (χ0v) is 18.2. The number of piperidine rings is 1. The molecule has 0 aliphatic carbocycles. The van der Waals surface area contributed by atoms with E-state index in [-0.39, 0.29) is 31.8 Å². The number of nitrogens with zero attached hydrogens (tertiary/aromatic N) is 3. The molecule has 0 bridgehead atoms. The highest BCUT2D eigenvalue weighted by Crippen LogP contribution is 2.32. The van der Waals surface area contributed by atoms with Crippen molar-refractivity contribution in [3.8, 4) is 5.69 Å². The third-order valence-corrected chi connectivity index (χ3v) is 7.46. The van der Waals surface area contributed by atoms with E-state index in [0.717, 1.165) is 28.2 Å². The highest BCUT2D eigenvalue weighted by atomic mass is 32.2. The van der Waals surface area contributed by atoms with Gasteiger partial charge in [0, 0.05) is 42.8 Å². The van der Waals surface area contributed by atoms with Crippen LogP contribution in [0.3, 0.4) is 0 Å². The van der Waals surface area contributed by atoms with Crippen molar-refractivity contribution in [2.45, 2.75) is 23.9 Å². The van der Waals surface area contributed by atoms with Crippen molar-refractivity contribution in [2.24, 2.45) is 5.92 Å². The number of nitrogens with one attached hydrogen (secondary N) is 1. The van der Waals surface area contributed by atoms with Gasteiger partial charge in [0.2, 0.25) is 15.9 Å². The third-order valence-electron chi connectivity index (χ3n) is 5.56. The van der Waals surface area contributed by atoms with Gasteiger partial charge >= 0.3 is 6.18 Å². The van der Waals surface area contributed by atoms with Crippen LogP contribution in [-0.2, 0) is 21.0 Å². The highest BCUT2D eigenvalue weighted by molar-refractivity contribution is 7.89. The van der Waals surface area contributed by atoms with Gasteiger partial charge in [0.15, 0.2) is 0 Å². The third kappa shape index (κ3) is 5.09. The first-order chi connectivity index (χ1) is 15.6. The summed E-state index contributed by atoms with van der Waals surface area (Å²) in [6, 6.07) is 10.9. The van der Waals surface area contributed by atoms with Crippen LogP contribution in [0, 0.1) is 5.92 Å². The summed E-state index contributed by atoms with van der Waals surface area (Å²) < 4.78 is 67.4. The van der Waals surface area contributed by atoms with Crippen molar-refractivity contribution >= 4 is 21.6 Å². The molecule has 1 saturated heterocycles. The van der Waals surface area contributed by atoms with Crippen molar-refractivity contribution in [1.82, 2.24) is 13.9 Å². The molecule has 0 radical (unpaired) electrons. The Labute approximate surface area is 188 Å². The molecule has 11 heteroatoms. The number of aromatic nitrogens is 2. The monoisotopic (exact) mass is 478 g/mol. The van der Waals surface area contributed by atoms with Crippen LogP contribution < -0.4 is 5.32 Å². The van der Waals surface area contributed by atoms with Crippen molar-refractivity contribution in [2.75, 3.05) is 18.4 Å². The van der Waals surface area contributed by atoms with Crippen LogP contribution in [0.5, 0.6) is 0 Å². The summed E-state index contributed by atoms with van der Waals surface area (Å²) in [7, 11) is -4.08. The van der Waals surface area contributed by atoms with Gasteiger partial charge in [-0.3, -0.25) is 4.79 Å². The Kier molecular flexibility index (Phi) is 6.26. The summed E-state index contributed by atoms with van der Waals surface area (Å²) in [4.78, 5) is 16.2. The predicted molar refractivity (Wildman–Crippen MR) is 115 cm³/mol. The Morgan fingerprint density at radius 3 is 2.36 bits per heavy atom. The van der Waals surface area contributed by atoms with Crippen LogP contribution >= 0.6 is 0 Å². The molecule has 1 amide bonds. The van der Waals surface area contributed by atoms with E-state index in [9.17, 15) is 26.4 Å². The first kappa shape index (κ1) is 23.0. The van der Waals surface area contributed by atoms with Gasteiger partial charge in [-0.2, -0.15) is 17.5 Å². The second kappa shape index (κ2) is 8.99. The minimum absolute atomic E-state index is 0.0518. The Morgan fingerprint density at radius 2 is 1.76 bits per heavy atom. The van der Waals surface area contributed by atoms with E-state index in [1.807, 2.05) is 16.7 Å². The summed E-state index contributed by atoms with van der Waals surface area (Å²) in [5.74, 6) is -0.618. The van der Waals surface area contributed by atoms with Gasteiger partial charge in [-0.1, -0.05) is 6.07 Å². The molecular weight excluding hydrogens is 457 g/mol. The van der Waals surface area contributed by atoms with Crippen LogP contribution in [0.15, 0.2) is 72.1 Å². The fourth-order valence-electron chi connectivity index (χ4n) is 3.71. The first-order valence-electron chi connectivity index (χ1n) is 10.2. The summed E-state index contributed by atoms with van der Waals surface area (Å²) in [6.07, 6.45) is 1.04. The number of alkyl halides is 3. The second-order valence-electron chi connectivity index (χ2n) is 7.71. The number of carbonyl (C=O) groups is 1. The van der Waals surface area contributed by atoms with Crippen LogP contribution in [0.4, 0.5) is 18.9 Å². The van der Waals surface area contributed by atoms with Gasteiger partial charge < -0.3 is 9.88 Å². The summed E-state index contributed by atoms with van der Waals surface area (Å²) in [5.41, 5.74) is 0.485. The smallest absolute Gasteiger partial charge is 0.326 e. The lowest BCUT2D eigenvalue weighted by molar-refractivity contribution is -0.137. The second-order valence-corrected chi connectivity index (χ2v) is 9.65. The molecule has 1 aliphatic rings. The molecule has 0 spiro atoms. The number of carbonyl (C=O) groups excluding carboxylic acids is 1. The number of anilines is 1. The predicted octanol–water partition coefficient (Wildman–Crippen LogP) is 3.93. The van der Waals surface area contributed by atoms with Crippen LogP contribution in [-0.4, -0.2) is 41.3 Å². The molecule has 2 heterocycles. The molecule has 1 N–H and O–H groups in total. The lowest BCUT2D eigenvalue weighted by atomic mass is 9.97. The number of imidazole rings is 1. The molecule has 4 rings (SSSR count). The number of amides is 1. The Hall–Kier alpha value is -3.18. The zero-order chi connectivity index (χ0) is 23.6. The largest absolute Gasteiger partial charge is 0.416 e. The van der Waals surface area contributed by atoms with E-state index in [2.05, 4.69) is 10.3 Å². The molecule has 174 valence electrons. The normalized spacial score (nSPS) is 16.0. The number of hydrogen-bond donors (Lipinski definition) is 1. The molecule has 3 aromatic rings. The van der Waals surface area contributed by atoms with Gasteiger partial charge in [-0.05, 0) is 55.3 Å². The number of halogens is 3. The fourth-order valence-corrected chi connectivity index (χ4v) is 5.23. The number of sulfonamides is 1. The SMILES string of the molecule is O=C(Nc1ccc(-n2ccnc2)cc1)C1CCN(S(=O)(=O)c2cccc(C(F)(F)F)c2)CC1. The van der Waals surface area contributed by atoms with E-state index in [4.69, 9.17) is 0 Å². The van der Waals surface area contributed by atoms with Crippen LogP contribution in [0.2, 0.25) is 0 Å². The quantitative estimate of drug-likeness (QED) is 0.602. The first-order valence-corrected chi connectivity index (χ1v) is 11.7. The van der Waals surface area contributed by atoms with E-state index in [1.165, 1.54) is 0 Å². The molecule has 0 atom stereocenters. The number of rotatable bonds is 5. The van der Waals surface area contributed by atoms with E-state index in [1.54, 1.807) is 30.9 Å². The molecule has 7 nitrogen and oxygen atoms in total.